The van der Waals surface area contributed by atoms with Gasteiger partial charge in [0.25, 0.3) is 0 Å². The molecule has 1 fully saturated rings. The van der Waals surface area contributed by atoms with Crippen LogP contribution in [0, 0.1) is 0 Å². The van der Waals surface area contributed by atoms with E-state index in [1.807, 2.05) is 0 Å². The lowest BCUT2D eigenvalue weighted by molar-refractivity contribution is 0.180. The highest BCUT2D eigenvalue weighted by atomic mass is 31.2. The van der Waals surface area contributed by atoms with Crippen molar-refractivity contribution in [3.63, 3.8) is 0 Å². The van der Waals surface area contributed by atoms with Crippen LogP contribution in [0.25, 0.3) is 0 Å². The van der Waals surface area contributed by atoms with Crippen molar-refractivity contribution in [3.05, 3.63) is 0 Å². The Morgan fingerprint density at radius 2 is 0.962 bits per heavy atom. The molecule has 0 N–H and O–H groups in total. The van der Waals surface area contributed by atoms with Crippen LogP contribution < -0.4 is 0 Å². The summed E-state index contributed by atoms with van der Waals surface area (Å²) in [6.45, 7) is 4.68. The molecule has 4 heteroatoms. The third-order valence-corrected chi connectivity index (χ3v) is 6.31. The molecule has 3 nitrogen and oxygen atoms in total. The fourth-order valence-corrected chi connectivity index (χ4v) is 4.44. The van der Waals surface area contributed by atoms with Crippen LogP contribution in [0.15, 0.2) is 0 Å². The maximum atomic E-state index is 5.70. The van der Waals surface area contributed by atoms with Gasteiger partial charge < -0.3 is 13.6 Å². The highest BCUT2D eigenvalue weighted by Gasteiger charge is 2.14. The van der Waals surface area contributed by atoms with Gasteiger partial charge in [-0.1, -0.05) is 103 Å². The van der Waals surface area contributed by atoms with Gasteiger partial charge in [-0.2, -0.15) is 0 Å². The van der Waals surface area contributed by atoms with Crippen molar-refractivity contribution in [2.45, 2.75) is 122 Å². The molecule has 26 heavy (non-hydrogen) atoms. The normalized spacial score (nSPS) is 16.0. The first-order valence-electron chi connectivity index (χ1n) is 11.6. The molecule has 0 saturated carbocycles. The van der Waals surface area contributed by atoms with E-state index in [4.69, 9.17) is 13.6 Å². The van der Waals surface area contributed by atoms with Crippen molar-refractivity contribution in [2.24, 2.45) is 0 Å². The average Bonchev–Trinajstić information content (AvgIpc) is 2.93. The molecule has 1 heterocycles. The van der Waals surface area contributed by atoms with E-state index in [0.717, 1.165) is 39.1 Å². The summed E-state index contributed by atoms with van der Waals surface area (Å²) < 4.78 is 16.8. The molecule has 0 bridgehead atoms. The largest absolute Gasteiger partial charge is 0.332 e. The van der Waals surface area contributed by atoms with E-state index in [-0.39, 0.29) is 0 Å². The standard InChI is InChI=1S/C22H45O3P/c1-2-3-4-5-6-7-8-9-10-11-12-13-14-15-16-17-20-23-26-24-21-18-19-22-25-26/h2-22H2,1H3. The third kappa shape index (κ3) is 16.5. The summed E-state index contributed by atoms with van der Waals surface area (Å²) in [5.41, 5.74) is 0. The average molecular weight is 389 g/mol. The first kappa shape index (κ1) is 24.3. The molecule has 0 unspecified atom stereocenters. The monoisotopic (exact) mass is 388 g/mol. The molecule has 0 aromatic rings. The first-order valence-corrected chi connectivity index (χ1v) is 12.7. The zero-order valence-electron chi connectivity index (χ0n) is 17.5. The molecule has 156 valence electrons. The van der Waals surface area contributed by atoms with E-state index < -0.39 is 8.60 Å². The van der Waals surface area contributed by atoms with Gasteiger partial charge in [0.15, 0.2) is 0 Å². The van der Waals surface area contributed by atoms with E-state index in [1.165, 1.54) is 96.3 Å². The van der Waals surface area contributed by atoms with E-state index in [2.05, 4.69) is 6.92 Å². The second-order valence-electron chi connectivity index (χ2n) is 7.73. The van der Waals surface area contributed by atoms with Gasteiger partial charge in [0.1, 0.15) is 0 Å². The molecule has 0 radical (unpaired) electrons. The van der Waals surface area contributed by atoms with Gasteiger partial charge in [-0.05, 0) is 19.3 Å². The Morgan fingerprint density at radius 1 is 0.577 bits per heavy atom. The topological polar surface area (TPSA) is 27.7 Å². The molecule has 0 aliphatic carbocycles. The van der Waals surface area contributed by atoms with Crippen molar-refractivity contribution in [3.8, 4) is 0 Å². The van der Waals surface area contributed by atoms with Crippen molar-refractivity contribution in [1.82, 2.24) is 0 Å². The van der Waals surface area contributed by atoms with Crippen LogP contribution in [0.1, 0.15) is 122 Å². The molecule has 0 amide bonds. The number of unbranched alkanes of at least 4 members (excludes halogenated alkanes) is 15. The number of rotatable bonds is 18. The summed E-state index contributed by atoms with van der Waals surface area (Å²) in [5.74, 6) is 0. The van der Waals surface area contributed by atoms with Crippen LogP contribution >= 0.6 is 8.60 Å². The molecule has 0 aromatic heterocycles. The van der Waals surface area contributed by atoms with Gasteiger partial charge in [-0.3, -0.25) is 0 Å². The Labute approximate surface area is 164 Å². The van der Waals surface area contributed by atoms with Crippen LogP contribution in [-0.2, 0) is 13.6 Å². The number of hydrogen-bond acceptors (Lipinski definition) is 3. The Hall–Kier alpha value is 0.310. The SMILES string of the molecule is CCCCCCCCCCCCCCCCCCOP1OCCCCO1. The molecule has 0 aromatic carbocycles. The van der Waals surface area contributed by atoms with E-state index in [1.54, 1.807) is 0 Å². The van der Waals surface area contributed by atoms with Gasteiger partial charge in [-0.15, -0.1) is 0 Å². The van der Waals surface area contributed by atoms with Crippen molar-refractivity contribution in [1.29, 1.82) is 0 Å². The lowest BCUT2D eigenvalue weighted by Crippen LogP contribution is -1.95. The van der Waals surface area contributed by atoms with Gasteiger partial charge in [-0.25, -0.2) is 0 Å². The lowest BCUT2D eigenvalue weighted by Gasteiger charge is -2.13. The summed E-state index contributed by atoms with van der Waals surface area (Å²) in [5, 5.41) is 0. The highest BCUT2D eigenvalue weighted by Crippen LogP contribution is 2.41. The summed E-state index contributed by atoms with van der Waals surface area (Å²) >= 11 is 0. The van der Waals surface area contributed by atoms with Crippen molar-refractivity contribution < 1.29 is 13.6 Å². The van der Waals surface area contributed by atoms with E-state index in [9.17, 15) is 0 Å². The zero-order chi connectivity index (χ0) is 18.5. The van der Waals surface area contributed by atoms with Gasteiger partial charge in [0, 0.05) is 0 Å². The van der Waals surface area contributed by atoms with Gasteiger partial charge >= 0.3 is 8.60 Å². The third-order valence-electron chi connectivity index (χ3n) is 5.13. The Morgan fingerprint density at radius 3 is 1.38 bits per heavy atom. The minimum atomic E-state index is -1.04. The number of hydrogen-bond donors (Lipinski definition) is 0. The second kappa shape index (κ2) is 20.1. The molecule has 0 spiro atoms. The van der Waals surface area contributed by atoms with Crippen LogP contribution in [0.4, 0.5) is 0 Å². The quantitative estimate of drug-likeness (QED) is 0.174. The van der Waals surface area contributed by atoms with Gasteiger partial charge in [0.05, 0.1) is 19.8 Å². The Balaban J connectivity index is 1.68. The highest BCUT2D eigenvalue weighted by molar-refractivity contribution is 7.41. The van der Waals surface area contributed by atoms with Crippen molar-refractivity contribution in [2.75, 3.05) is 19.8 Å². The molecule has 1 saturated heterocycles. The molecule has 1 aliphatic rings. The van der Waals surface area contributed by atoms with E-state index >= 15 is 0 Å². The predicted molar refractivity (Wildman–Crippen MR) is 114 cm³/mol. The van der Waals surface area contributed by atoms with Crippen LogP contribution in [0.3, 0.4) is 0 Å². The Kier molecular flexibility index (Phi) is 18.8. The summed E-state index contributed by atoms with van der Waals surface area (Å²) in [4.78, 5) is 0. The molecular formula is C22H45O3P. The maximum Gasteiger partial charge on any atom is 0.332 e. The van der Waals surface area contributed by atoms with Crippen LogP contribution in [0.5, 0.6) is 0 Å². The molecule has 0 atom stereocenters. The fourth-order valence-electron chi connectivity index (χ4n) is 3.38. The molecular weight excluding hydrogens is 343 g/mol. The molecule has 1 rings (SSSR count). The summed E-state index contributed by atoms with van der Waals surface area (Å²) in [6.07, 6.45) is 24.6. The Bertz CT molecular complexity index is 268. The summed E-state index contributed by atoms with van der Waals surface area (Å²) in [6, 6.07) is 0. The minimum absolute atomic E-state index is 0.796. The fraction of sp³-hybridized carbons (Fsp3) is 1.00. The van der Waals surface area contributed by atoms with Crippen LogP contribution in [0.2, 0.25) is 0 Å². The smallest absolute Gasteiger partial charge is 0.312 e. The maximum absolute atomic E-state index is 5.70. The van der Waals surface area contributed by atoms with Crippen LogP contribution in [-0.4, -0.2) is 19.8 Å². The second-order valence-corrected chi connectivity index (χ2v) is 8.96. The lowest BCUT2D eigenvalue weighted by atomic mass is 10.0. The van der Waals surface area contributed by atoms with Crippen molar-refractivity contribution >= 4 is 8.60 Å². The minimum Gasteiger partial charge on any atom is -0.312 e. The van der Waals surface area contributed by atoms with Gasteiger partial charge in [0.2, 0.25) is 0 Å². The van der Waals surface area contributed by atoms with E-state index in [0.29, 0.717) is 0 Å². The summed E-state index contributed by atoms with van der Waals surface area (Å²) in [7, 11) is -1.04. The zero-order valence-corrected chi connectivity index (χ0v) is 18.4. The molecule has 1 aliphatic heterocycles. The first-order chi connectivity index (χ1) is 12.9. The predicted octanol–water partition coefficient (Wildman–Crippen LogP) is 8.32.